The maximum atomic E-state index is 11.5. The van der Waals surface area contributed by atoms with Gasteiger partial charge in [0.2, 0.25) is 5.91 Å². The number of thioether (sulfide) groups is 1. The van der Waals surface area contributed by atoms with Gasteiger partial charge in [-0.2, -0.15) is 11.8 Å². The van der Waals surface area contributed by atoms with E-state index in [4.69, 9.17) is 9.47 Å². The first-order valence-electron chi connectivity index (χ1n) is 7.01. The van der Waals surface area contributed by atoms with E-state index < -0.39 is 0 Å². The lowest BCUT2D eigenvalue weighted by Gasteiger charge is -2.09. The zero-order valence-electron chi connectivity index (χ0n) is 12.7. The van der Waals surface area contributed by atoms with Crippen molar-refractivity contribution >= 4 is 23.4 Å². The minimum Gasteiger partial charge on any atom is -0.494 e. The van der Waals surface area contributed by atoms with Crippen molar-refractivity contribution < 1.29 is 14.3 Å². The van der Waals surface area contributed by atoms with Crippen molar-refractivity contribution in [2.75, 3.05) is 23.9 Å². The lowest BCUT2D eigenvalue weighted by atomic mass is 10.3. The molecular formula is C17H19NO3S. The van der Waals surface area contributed by atoms with Gasteiger partial charge >= 0.3 is 0 Å². The molecule has 0 heterocycles. The first-order chi connectivity index (χ1) is 10.7. The van der Waals surface area contributed by atoms with Crippen molar-refractivity contribution in [3.8, 4) is 17.2 Å². The molecule has 1 N–H and O–H groups in total. The minimum atomic E-state index is -0.00678. The highest BCUT2D eigenvalue weighted by atomic mass is 32.2. The van der Waals surface area contributed by atoms with Gasteiger partial charge in [-0.15, -0.1) is 0 Å². The molecule has 0 bridgehead atoms. The van der Waals surface area contributed by atoms with E-state index in [0.717, 1.165) is 17.2 Å². The fourth-order valence-corrected chi connectivity index (χ4v) is 2.18. The van der Waals surface area contributed by atoms with Crippen LogP contribution in [0.2, 0.25) is 0 Å². The molecule has 0 aliphatic heterocycles. The van der Waals surface area contributed by atoms with Gasteiger partial charge in [0.25, 0.3) is 0 Å². The van der Waals surface area contributed by atoms with Gasteiger partial charge in [-0.05, 0) is 61.7 Å². The molecule has 2 aromatic rings. The number of ether oxygens (including phenoxy) is 2. The summed E-state index contributed by atoms with van der Waals surface area (Å²) in [6.07, 6.45) is 1.90. The Hall–Kier alpha value is -2.14. The van der Waals surface area contributed by atoms with Crippen LogP contribution in [0.3, 0.4) is 0 Å². The fraction of sp³-hybridized carbons (Fsp3) is 0.235. The number of amides is 1. The van der Waals surface area contributed by atoms with E-state index in [0.29, 0.717) is 18.1 Å². The highest BCUT2D eigenvalue weighted by Gasteiger charge is 2.02. The second-order valence-electron chi connectivity index (χ2n) is 4.51. The van der Waals surface area contributed by atoms with Crippen LogP contribution in [0.5, 0.6) is 17.2 Å². The fourth-order valence-electron chi connectivity index (χ4n) is 1.84. The van der Waals surface area contributed by atoms with Crippen molar-refractivity contribution in [3.63, 3.8) is 0 Å². The van der Waals surface area contributed by atoms with Crippen LogP contribution >= 0.6 is 11.8 Å². The Bertz CT molecular complexity index is 596. The number of hydrogen-bond donors (Lipinski definition) is 1. The molecular weight excluding hydrogens is 298 g/mol. The molecule has 1 amide bonds. The third-order valence-electron chi connectivity index (χ3n) is 2.78. The van der Waals surface area contributed by atoms with E-state index in [1.165, 1.54) is 11.8 Å². The molecule has 5 heteroatoms. The van der Waals surface area contributed by atoms with Crippen molar-refractivity contribution in [2.45, 2.75) is 6.92 Å². The van der Waals surface area contributed by atoms with Gasteiger partial charge in [0.05, 0.1) is 12.4 Å². The van der Waals surface area contributed by atoms with E-state index in [1.54, 1.807) is 0 Å². The van der Waals surface area contributed by atoms with Gasteiger partial charge in [0, 0.05) is 5.69 Å². The number of benzene rings is 2. The molecule has 0 radical (unpaired) electrons. The van der Waals surface area contributed by atoms with Crippen LogP contribution < -0.4 is 14.8 Å². The van der Waals surface area contributed by atoms with Gasteiger partial charge in [-0.1, -0.05) is 0 Å². The summed E-state index contributed by atoms with van der Waals surface area (Å²) < 4.78 is 11.1. The number of nitrogens with one attached hydrogen (secondary N) is 1. The maximum absolute atomic E-state index is 11.5. The quantitative estimate of drug-likeness (QED) is 0.832. The summed E-state index contributed by atoms with van der Waals surface area (Å²) in [5.74, 6) is 2.72. The molecule has 0 spiro atoms. The zero-order valence-corrected chi connectivity index (χ0v) is 13.5. The number of anilines is 1. The normalized spacial score (nSPS) is 10.1. The Balaban J connectivity index is 1.94. The zero-order chi connectivity index (χ0) is 15.8. The Morgan fingerprint density at radius 2 is 1.55 bits per heavy atom. The Morgan fingerprint density at radius 3 is 2.09 bits per heavy atom. The van der Waals surface area contributed by atoms with Crippen molar-refractivity contribution in [1.82, 2.24) is 0 Å². The standard InChI is InChI=1S/C17H19NO3S/c1-3-20-14-8-10-16(11-9-14)21-15-6-4-13(5-7-15)18-17(19)12-22-2/h4-11H,3,12H2,1-2H3,(H,18,19). The largest absolute Gasteiger partial charge is 0.494 e. The second kappa shape index (κ2) is 8.34. The summed E-state index contributed by atoms with van der Waals surface area (Å²) >= 11 is 1.49. The number of rotatable bonds is 7. The van der Waals surface area contributed by atoms with Gasteiger partial charge in [-0.3, -0.25) is 4.79 Å². The van der Waals surface area contributed by atoms with Crippen molar-refractivity contribution in [1.29, 1.82) is 0 Å². The average molecular weight is 317 g/mol. The monoisotopic (exact) mass is 317 g/mol. The Labute approximate surface area is 134 Å². The highest BCUT2D eigenvalue weighted by Crippen LogP contribution is 2.25. The van der Waals surface area contributed by atoms with Crippen LogP contribution in [0.15, 0.2) is 48.5 Å². The smallest absolute Gasteiger partial charge is 0.234 e. The summed E-state index contributed by atoms with van der Waals surface area (Å²) in [7, 11) is 0. The molecule has 116 valence electrons. The predicted molar refractivity (Wildman–Crippen MR) is 91.1 cm³/mol. The first-order valence-corrected chi connectivity index (χ1v) is 8.40. The summed E-state index contributed by atoms with van der Waals surface area (Å²) in [6.45, 7) is 2.59. The van der Waals surface area contributed by atoms with E-state index in [9.17, 15) is 4.79 Å². The SMILES string of the molecule is CCOc1ccc(Oc2ccc(NC(=O)CSC)cc2)cc1. The van der Waals surface area contributed by atoms with Crippen LogP contribution in [0.25, 0.3) is 0 Å². The van der Waals surface area contributed by atoms with Crippen molar-refractivity contribution in [2.24, 2.45) is 0 Å². The molecule has 0 unspecified atom stereocenters. The topological polar surface area (TPSA) is 47.6 Å². The number of hydrogen-bond acceptors (Lipinski definition) is 4. The van der Waals surface area contributed by atoms with Crippen LogP contribution in [0.1, 0.15) is 6.92 Å². The lowest BCUT2D eigenvalue weighted by Crippen LogP contribution is -2.13. The predicted octanol–water partition coefficient (Wildman–Crippen LogP) is 4.18. The summed E-state index contributed by atoms with van der Waals surface area (Å²) in [5.41, 5.74) is 0.762. The molecule has 0 atom stereocenters. The average Bonchev–Trinajstić information content (AvgIpc) is 2.52. The lowest BCUT2D eigenvalue weighted by molar-refractivity contribution is -0.113. The van der Waals surface area contributed by atoms with Gasteiger partial charge in [0.15, 0.2) is 0 Å². The van der Waals surface area contributed by atoms with E-state index in [1.807, 2.05) is 61.7 Å². The molecule has 0 aromatic heterocycles. The van der Waals surface area contributed by atoms with Crippen LogP contribution in [-0.2, 0) is 4.79 Å². The van der Waals surface area contributed by atoms with Crippen molar-refractivity contribution in [3.05, 3.63) is 48.5 Å². The molecule has 2 aromatic carbocycles. The summed E-state index contributed by atoms with van der Waals surface area (Å²) in [5, 5.41) is 2.82. The Morgan fingerprint density at radius 1 is 1.00 bits per heavy atom. The molecule has 22 heavy (non-hydrogen) atoms. The first kappa shape index (κ1) is 16.2. The van der Waals surface area contributed by atoms with Gasteiger partial charge < -0.3 is 14.8 Å². The maximum Gasteiger partial charge on any atom is 0.234 e. The van der Waals surface area contributed by atoms with Crippen LogP contribution in [0.4, 0.5) is 5.69 Å². The molecule has 0 aliphatic carbocycles. The summed E-state index contributed by atoms with van der Waals surface area (Å²) in [6, 6.07) is 14.8. The molecule has 4 nitrogen and oxygen atoms in total. The molecule has 0 saturated heterocycles. The van der Waals surface area contributed by atoms with E-state index in [-0.39, 0.29) is 5.91 Å². The van der Waals surface area contributed by atoms with Crippen LogP contribution in [-0.4, -0.2) is 24.5 Å². The molecule has 0 saturated carbocycles. The second-order valence-corrected chi connectivity index (χ2v) is 5.38. The number of carbonyl (C=O) groups is 1. The third kappa shape index (κ3) is 5.00. The van der Waals surface area contributed by atoms with Gasteiger partial charge in [-0.25, -0.2) is 0 Å². The minimum absolute atomic E-state index is 0.00678. The highest BCUT2D eigenvalue weighted by molar-refractivity contribution is 7.99. The molecule has 0 aliphatic rings. The Kier molecular flexibility index (Phi) is 6.15. The third-order valence-corrected chi connectivity index (χ3v) is 3.33. The van der Waals surface area contributed by atoms with E-state index in [2.05, 4.69) is 5.32 Å². The van der Waals surface area contributed by atoms with E-state index >= 15 is 0 Å². The summed E-state index contributed by atoms with van der Waals surface area (Å²) in [4.78, 5) is 11.5. The number of carbonyl (C=O) groups excluding carboxylic acids is 1. The van der Waals surface area contributed by atoms with Gasteiger partial charge in [0.1, 0.15) is 17.2 Å². The van der Waals surface area contributed by atoms with Crippen LogP contribution in [0, 0.1) is 0 Å². The molecule has 2 rings (SSSR count). The molecule has 0 fully saturated rings.